The highest BCUT2D eigenvalue weighted by Crippen LogP contribution is 2.25. The van der Waals surface area contributed by atoms with Crippen LogP contribution in [0.3, 0.4) is 0 Å². The van der Waals surface area contributed by atoms with Crippen molar-refractivity contribution in [1.29, 1.82) is 0 Å². The molecule has 0 heterocycles. The van der Waals surface area contributed by atoms with Crippen molar-refractivity contribution >= 4 is 5.91 Å². The molecule has 0 aromatic rings. The van der Waals surface area contributed by atoms with E-state index < -0.39 is 0 Å². The Morgan fingerprint density at radius 3 is 2.69 bits per heavy atom. The van der Waals surface area contributed by atoms with Gasteiger partial charge in [-0.2, -0.15) is 0 Å². The van der Waals surface area contributed by atoms with Gasteiger partial charge >= 0.3 is 0 Å². The van der Waals surface area contributed by atoms with Gasteiger partial charge in [-0.15, -0.1) is 0 Å². The van der Waals surface area contributed by atoms with Gasteiger partial charge in [0.1, 0.15) is 0 Å². The third-order valence-electron chi connectivity index (χ3n) is 3.84. The first kappa shape index (κ1) is 11.9. The monoisotopic (exact) mass is 225 g/mol. The number of amides is 1. The average Bonchev–Trinajstić information content (AvgIpc) is 3.01. The van der Waals surface area contributed by atoms with Gasteiger partial charge in [0.15, 0.2) is 0 Å². The molecule has 0 bridgehead atoms. The van der Waals surface area contributed by atoms with Crippen molar-refractivity contribution in [3.05, 3.63) is 0 Å². The molecule has 1 amide bonds. The van der Waals surface area contributed by atoms with Gasteiger partial charge in [-0.1, -0.05) is 6.42 Å². The van der Waals surface area contributed by atoms with Crippen molar-refractivity contribution in [3.8, 4) is 0 Å². The molecule has 0 aromatic heterocycles. The predicted octanol–water partition coefficient (Wildman–Crippen LogP) is 0.324. The van der Waals surface area contributed by atoms with Gasteiger partial charge in [-0.25, -0.2) is 0 Å². The second-order valence-corrected chi connectivity index (χ2v) is 5.20. The number of nitrogens with one attached hydrogen (secondary N) is 1. The van der Waals surface area contributed by atoms with Crippen LogP contribution in [0.25, 0.3) is 0 Å². The van der Waals surface area contributed by atoms with E-state index in [9.17, 15) is 4.79 Å². The van der Waals surface area contributed by atoms with E-state index in [4.69, 9.17) is 5.73 Å². The molecule has 0 saturated heterocycles. The van der Waals surface area contributed by atoms with E-state index in [2.05, 4.69) is 17.3 Å². The molecule has 2 fully saturated rings. The standard InChI is InChI=1S/C12H23N3O/c1-15(9-5-6-9)8-7-14-12(16)10-3-2-4-11(10)13/h9-11H,2-8,13H2,1H3,(H,14,16). The number of hydrogen-bond acceptors (Lipinski definition) is 3. The number of nitrogens with zero attached hydrogens (tertiary/aromatic N) is 1. The molecule has 16 heavy (non-hydrogen) atoms. The molecule has 2 aliphatic rings. The highest BCUT2D eigenvalue weighted by molar-refractivity contribution is 5.79. The summed E-state index contributed by atoms with van der Waals surface area (Å²) >= 11 is 0. The minimum absolute atomic E-state index is 0.0613. The maximum absolute atomic E-state index is 11.8. The molecular weight excluding hydrogens is 202 g/mol. The van der Waals surface area contributed by atoms with E-state index in [1.165, 1.54) is 12.8 Å². The van der Waals surface area contributed by atoms with Gasteiger partial charge < -0.3 is 16.0 Å². The van der Waals surface area contributed by atoms with Crippen molar-refractivity contribution in [2.24, 2.45) is 11.7 Å². The van der Waals surface area contributed by atoms with Gasteiger partial charge in [-0.3, -0.25) is 4.79 Å². The van der Waals surface area contributed by atoms with Crippen molar-refractivity contribution in [1.82, 2.24) is 10.2 Å². The summed E-state index contributed by atoms with van der Waals surface area (Å²) < 4.78 is 0. The van der Waals surface area contributed by atoms with E-state index in [-0.39, 0.29) is 17.9 Å². The van der Waals surface area contributed by atoms with E-state index in [0.717, 1.165) is 38.4 Å². The molecule has 2 rings (SSSR count). The maximum atomic E-state index is 11.8. The summed E-state index contributed by atoms with van der Waals surface area (Å²) in [5, 5.41) is 3.01. The van der Waals surface area contributed by atoms with Crippen LogP contribution >= 0.6 is 0 Å². The number of rotatable bonds is 5. The summed E-state index contributed by atoms with van der Waals surface area (Å²) in [5.74, 6) is 0.223. The van der Waals surface area contributed by atoms with Crippen molar-refractivity contribution in [3.63, 3.8) is 0 Å². The highest BCUT2D eigenvalue weighted by atomic mass is 16.1. The van der Waals surface area contributed by atoms with Crippen LogP contribution < -0.4 is 11.1 Å². The third-order valence-corrected chi connectivity index (χ3v) is 3.84. The second-order valence-electron chi connectivity index (χ2n) is 5.20. The zero-order valence-electron chi connectivity index (χ0n) is 10.1. The third kappa shape index (κ3) is 2.95. The summed E-state index contributed by atoms with van der Waals surface area (Å²) in [6.45, 7) is 1.72. The minimum atomic E-state index is 0.0613. The van der Waals surface area contributed by atoms with E-state index in [1.807, 2.05) is 0 Å². The molecule has 4 nitrogen and oxygen atoms in total. The SMILES string of the molecule is CN(CCNC(=O)C1CCCC1N)C1CC1. The minimum Gasteiger partial charge on any atom is -0.355 e. The predicted molar refractivity (Wildman–Crippen MR) is 64.0 cm³/mol. The first-order chi connectivity index (χ1) is 7.68. The zero-order chi connectivity index (χ0) is 11.5. The summed E-state index contributed by atoms with van der Waals surface area (Å²) in [7, 11) is 2.13. The van der Waals surface area contributed by atoms with Crippen LogP contribution in [0.5, 0.6) is 0 Å². The largest absolute Gasteiger partial charge is 0.355 e. The summed E-state index contributed by atoms with van der Waals surface area (Å²) in [4.78, 5) is 14.1. The molecule has 2 atom stereocenters. The number of nitrogens with two attached hydrogens (primary N) is 1. The topological polar surface area (TPSA) is 58.4 Å². The van der Waals surface area contributed by atoms with E-state index >= 15 is 0 Å². The fraction of sp³-hybridized carbons (Fsp3) is 0.917. The first-order valence-corrected chi connectivity index (χ1v) is 6.42. The van der Waals surface area contributed by atoms with Crippen LogP contribution in [0.15, 0.2) is 0 Å². The Bertz CT molecular complexity index is 253. The second kappa shape index (κ2) is 5.15. The van der Waals surface area contributed by atoms with E-state index in [0.29, 0.717) is 0 Å². The zero-order valence-corrected chi connectivity index (χ0v) is 10.1. The lowest BCUT2D eigenvalue weighted by Gasteiger charge is -2.18. The Morgan fingerprint density at radius 1 is 1.38 bits per heavy atom. The normalized spacial score (nSPS) is 29.7. The van der Waals surface area contributed by atoms with Crippen LogP contribution in [-0.4, -0.2) is 43.0 Å². The summed E-state index contributed by atoms with van der Waals surface area (Å²) in [6.07, 6.45) is 5.70. The molecule has 2 aliphatic carbocycles. The highest BCUT2D eigenvalue weighted by Gasteiger charge is 2.30. The number of carbonyl (C=O) groups excluding carboxylic acids is 1. The van der Waals surface area contributed by atoms with Crippen molar-refractivity contribution < 1.29 is 4.79 Å². The number of hydrogen-bond donors (Lipinski definition) is 2. The fourth-order valence-electron chi connectivity index (χ4n) is 2.50. The molecule has 2 unspecified atom stereocenters. The van der Waals surface area contributed by atoms with Crippen LogP contribution in [0.4, 0.5) is 0 Å². The molecule has 4 heteroatoms. The Balaban J connectivity index is 1.63. The first-order valence-electron chi connectivity index (χ1n) is 6.42. The molecule has 0 radical (unpaired) electrons. The maximum Gasteiger partial charge on any atom is 0.224 e. The quantitative estimate of drug-likeness (QED) is 0.708. The Labute approximate surface area is 97.6 Å². The lowest BCUT2D eigenvalue weighted by Crippen LogP contribution is -2.41. The Hall–Kier alpha value is -0.610. The van der Waals surface area contributed by atoms with Crippen molar-refractivity contribution in [2.45, 2.75) is 44.2 Å². The van der Waals surface area contributed by atoms with Crippen molar-refractivity contribution in [2.75, 3.05) is 20.1 Å². The number of carbonyl (C=O) groups is 1. The molecule has 3 N–H and O–H groups in total. The smallest absolute Gasteiger partial charge is 0.224 e. The van der Waals surface area contributed by atoms with Gasteiger partial charge in [0, 0.05) is 25.2 Å². The fourth-order valence-corrected chi connectivity index (χ4v) is 2.50. The van der Waals surface area contributed by atoms with Gasteiger partial charge in [0.2, 0.25) is 5.91 Å². The van der Waals surface area contributed by atoms with Crippen LogP contribution in [0, 0.1) is 5.92 Å². The van der Waals surface area contributed by atoms with Crippen LogP contribution in [0.1, 0.15) is 32.1 Å². The average molecular weight is 225 g/mol. The van der Waals surface area contributed by atoms with Crippen LogP contribution in [0.2, 0.25) is 0 Å². The molecule has 0 aromatic carbocycles. The number of likely N-dealkylation sites (N-methyl/N-ethyl adjacent to an activating group) is 1. The van der Waals surface area contributed by atoms with Gasteiger partial charge in [0.25, 0.3) is 0 Å². The summed E-state index contributed by atoms with van der Waals surface area (Å²) in [5.41, 5.74) is 5.90. The summed E-state index contributed by atoms with van der Waals surface area (Å²) in [6, 6.07) is 0.854. The molecule has 0 spiro atoms. The van der Waals surface area contributed by atoms with Gasteiger partial charge in [0.05, 0.1) is 5.92 Å². The molecule has 0 aliphatic heterocycles. The molecular formula is C12H23N3O. The van der Waals surface area contributed by atoms with Gasteiger partial charge in [-0.05, 0) is 32.7 Å². The lowest BCUT2D eigenvalue weighted by molar-refractivity contribution is -0.125. The Morgan fingerprint density at radius 2 is 2.12 bits per heavy atom. The lowest BCUT2D eigenvalue weighted by atomic mass is 10.0. The molecule has 2 saturated carbocycles. The molecule has 92 valence electrons. The van der Waals surface area contributed by atoms with Crippen LogP contribution in [-0.2, 0) is 4.79 Å². The van der Waals surface area contributed by atoms with E-state index in [1.54, 1.807) is 0 Å². The Kier molecular flexibility index (Phi) is 3.82.